The molecular formula is C18H38O6Si. The van der Waals surface area contributed by atoms with Crippen molar-refractivity contribution in [1.29, 1.82) is 0 Å². The number of rotatable bonds is 13. The molecule has 0 amide bonds. The van der Waals surface area contributed by atoms with Gasteiger partial charge in [0.25, 0.3) is 5.97 Å². The highest BCUT2D eigenvalue weighted by molar-refractivity contribution is 6.68. The van der Waals surface area contributed by atoms with Crippen molar-refractivity contribution in [3.8, 4) is 0 Å². The Morgan fingerprint density at radius 3 is 2.08 bits per heavy atom. The van der Waals surface area contributed by atoms with Crippen molar-refractivity contribution < 1.29 is 27.8 Å². The van der Waals surface area contributed by atoms with E-state index in [9.17, 15) is 0 Å². The summed E-state index contributed by atoms with van der Waals surface area (Å²) < 4.78 is 35.9. The SMILES string of the molecule is CCCC[Si](OC)(OC)C(CC)OC(CC)OC1(CC)OCCCO1. The molecule has 1 saturated heterocycles. The zero-order valence-corrected chi connectivity index (χ0v) is 18.0. The Bertz CT molecular complexity index is 344. The van der Waals surface area contributed by atoms with E-state index in [0.717, 1.165) is 31.7 Å². The quantitative estimate of drug-likeness (QED) is 0.355. The molecule has 0 bridgehead atoms. The first-order valence-corrected chi connectivity index (χ1v) is 11.9. The predicted molar refractivity (Wildman–Crippen MR) is 99.4 cm³/mol. The van der Waals surface area contributed by atoms with E-state index < -0.39 is 20.8 Å². The fourth-order valence-electron chi connectivity index (χ4n) is 3.15. The maximum atomic E-state index is 6.35. The van der Waals surface area contributed by atoms with Gasteiger partial charge in [0.15, 0.2) is 6.29 Å². The molecule has 0 saturated carbocycles. The van der Waals surface area contributed by atoms with Crippen LogP contribution in [-0.4, -0.2) is 54.0 Å². The topological polar surface area (TPSA) is 55.4 Å². The highest BCUT2D eigenvalue weighted by Gasteiger charge is 2.46. The molecule has 1 heterocycles. The van der Waals surface area contributed by atoms with Gasteiger partial charge in [-0.3, -0.25) is 4.74 Å². The lowest BCUT2D eigenvalue weighted by atomic mass is 10.3. The standard InChI is InChI=1S/C18H38O6Si/c1-7-11-15-25(19-5,20-6)17(9-3)23-16(8-2)24-18(10-4)21-13-12-14-22-18/h16-17H,7-15H2,1-6H3. The van der Waals surface area contributed by atoms with Gasteiger partial charge in [0.1, 0.15) is 5.73 Å². The third-order valence-electron chi connectivity index (χ3n) is 4.76. The fraction of sp³-hybridized carbons (Fsp3) is 1.00. The van der Waals surface area contributed by atoms with Crippen molar-refractivity contribution in [2.75, 3.05) is 27.4 Å². The third-order valence-corrected chi connectivity index (χ3v) is 8.72. The Hall–Kier alpha value is -0.0231. The van der Waals surface area contributed by atoms with Gasteiger partial charge < -0.3 is 23.1 Å². The summed E-state index contributed by atoms with van der Waals surface area (Å²) in [5.74, 6) is -0.995. The molecule has 0 aliphatic carbocycles. The molecule has 2 atom stereocenters. The number of hydrogen-bond acceptors (Lipinski definition) is 6. The van der Waals surface area contributed by atoms with E-state index in [1.165, 1.54) is 0 Å². The highest BCUT2D eigenvalue weighted by atomic mass is 28.4. The monoisotopic (exact) mass is 378 g/mol. The second-order valence-corrected chi connectivity index (χ2v) is 9.98. The zero-order valence-electron chi connectivity index (χ0n) is 17.0. The second-order valence-electron chi connectivity index (χ2n) is 6.40. The van der Waals surface area contributed by atoms with Crippen LogP contribution in [0.25, 0.3) is 0 Å². The van der Waals surface area contributed by atoms with Crippen molar-refractivity contribution in [3.63, 3.8) is 0 Å². The summed E-state index contributed by atoms with van der Waals surface area (Å²) in [6.45, 7) is 9.61. The Labute approximate surface area is 154 Å². The van der Waals surface area contributed by atoms with Gasteiger partial charge in [0.05, 0.1) is 13.2 Å². The van der Waals surface area contributed by atoms with Gasteiger partial charge in [-0.2, -0.15) is 0 Å². The molecular weight excluding hydrogens is 340 g/mol. The van der Waals surface area contributed by atoms with Crippen molar-refractivity contribution in [2.24, 2.45) is 0 Å². The lowest BCUT2D eigenvalue weighted by molar-refractivity contribution is -0.436. The molecule has 7 heteroatoms. The largest absolute Gasteiger partial charge is 0.396 e. The van der Waals surface area contributed by atoms with Gasteiger partial charge in [0, 0.05) is 20.6 Å². The Kier molecular flexibility index (Phi) is 10.7. The molecule has 0 N–H and O–H groups in total. The highest BCUT2D eigenvalue weighted by Crippen LogP contribution is 2.30. The maximum absolute atomic E-state index is 6.35. The van der Waals surface area contributed by atoms with Crippen LogP contribution in [0.5, 0.6) is 0 Å². The van der Waals surface area contributed by atoms with Crippen molar-refractivity contribution in [3.05, 3.63) is 0 Å². The summed E-state index contributed by atoms with van der Waals surface area (Å²) in [6.07, 6.45) is 4.79. The molecule has 150 valence electrons. The predicted octanol–water partition coefficient (Wildman–Crippen LogP) is 4.11. The minimum Gasteiger partial charge on any atom is -0.396 e. The summed E-state index contributed by atoms with van der Waals surface area (Å²) in [5, 5.41) is 0. The average Bonchev–Trinajstić information content (AvgIpc) is 2.67. The summed E-state index contributed by atoms with van der Waals surface area (Å²) >= 11 is 0. The van der Waals surface area contributed by atoms with E-state index in [-0.39, 0.29) is 5.73 Å². The second kappa shape index (κ2) is 11.6. The van der Waals surface area contributed by atoms with Crippen LogP contribution in [0.2, 0.25) is 6.04 Å². The molecule has 1 fully saturated rings. The van der Waals surface area contributed by atoms with E-state index in [2.05, 4.69) is 13.8 Å². The van der Waals surface area contributed by atoms with Crippen LogP contribution in [0.4, 0.5) is 0 Å². The molecule has 1 aliphatic rings. The van der Waals surface area contributed by atoms with E-state index in [1.54, 1.807) is 14.2 Å². The van der Waals surface area contributed by atoms with Gasteiger partial charge in [-0.15, -0.1) is 0 Å². The van der Waals surface area contributed by atoms with Gasteiger partial charge in [-0.25, -0.2) is 0 Å². The molecule has 1 rings (SSSR count). The Morgan fingerprint density at radius 2 is 1.64 bits per heavy atom. The molecule has 0 spiro atoms. The minimum atomic E-state index is -2.46. The molecule has 0 aromatic heterocycles. The van der Waals surface area contributed by atoms with Gasteiger partial charge in [0.2, 0.25) is 0 Å². The number of ether oxygens (including phenoxy) is 4. The van der Waals surface area contributed by atoms with Gasteiger partial charge in [-0.05, 0) is 25.3 Å². The van der Waals surface area contributed by atoms with Gasteiger partial charge in [-0.1, -0.05) is 40.5 Å². The van der Waals surface area contributed by atoms with Crippen LogP contribution in [0.3, 0.4) is 0 Å². The van der Waals surface area contributed by atoms with E-state index in [0.29, 0.717) is 26.1 Å². The van der Waals surface area contributed by atoms with Crippen LogP contribution in [0.1, 0.15) is 66.2 Å². The zero-order chi connectivity index (χ0) is 18.8. The molecule has 0 aromatic rings. The normalized spacial score (nSPS) is 20.4. The molecule has 0 aromatic carbocycles. The summed E-state index contributed by atoms with van der Waals surface area (Å²) in [5.41, 5.74) is -0.100. The van der Waals surface area contributed by atoms with E-state index >= 15 is 0 Å². The van der Waals surface area contributed by atoms with Crippen molar-refractivity contribution >= 4 is 8.56 Å². The Balaban J connectivity index is 2.83. The summed E-state index contributed by atoms with van der Waals surface area (Å²) in [4.78, 5) is 0. The maximum Gasteiger partial charge on any atom is 0.367 e. The molecule has 25 heavy (non-hydrogen) atoms. The first-order valence-electron chi connectivity index (χ1n) is 9.76. The van der Waals surface area contributed by atoms with Crippen LogP contribution in [-0.2, 0) is 27.8 Å². The third kappa shape index (κ3) is 6.27. The van der Waals surface area contributed by atoms with Crippen molar-refractivity contribution in [2.45, 2.75) is 90.3 Å². The molecule has 1 aliphatic heterocycles. The van der Waals surface area contributed by atoms with Crippen LogP contribution in [0.15, 0.2) is 0 Å². The fourth-order valence-corrected chi connectivity index (χ4v) is 6.40. The van der Waals surface area contributed by atoms with Gasteiger partial charge >= 0.3 is 8.56 Å². The first kappa shape index (κ1) is 23.0. The Morgan fingerprint density at radius 1 is 1.00 bits per heavy atom. The summed E-state index contributed by atoms with van der Waals surface area (Å²) in [7, 11) is 1.02. The van der Waals surface area contributed by atoms with Crippen molar-refractivity contribution in [1.82, 2.24) is 0 Å². The van der Waals surface area contributed by atoms with Crippen LogP contribution >= 0.6 is 0 Å². The molecule has 2 unspecified atom stereocenters. The molecule has 0 radical (unpaired) electrons. The summed E-state index contributed by atoms with van der Waals surface area (Å²) in [6, 6.07) is 0.914. The first-order chi connectivity index (χ1) is 12.0. The van der Waals surface area contributed by atoms with E-state index in [4.69, 9.17) is 27.8 Å². The van der Waals surface area contributed by atoms with Crippen LogP contribution < -0.4 is 0 Å². The number of unbranched alkanes of at least 4 members (excludes halogenated alkanes) is 1. The number of hydrogen-bond donors (Lipinski definition) is 0. The van der Waals surface area contributed by atoms with E-state index in [1.807, 2.05) is 13.8 Å². The lowest BCUT2D eigenvalue weighted by Crippen LogP contribution is -2.55. The average molecular weight is 379 g/mol. The smallest absolute Gasteiger partial charge is 0.367 e. The minimum absolute atomic E-state index is 0.100. The molecule has 6 nitrogen and oxygen atoms in total. The lowest BCUT2D eigenvalue weighted by Gasteiger charge is -2.41. The van der Waals surface area contributed by atoms with Crippen LogP contribution in [0, 0.1) is 0 Å².